The van der Waals surface area contributed by atoms with Crippen molar-refractivity contribution in [3.05, 3.63) is 48.5 Å². The fraction of sp³-hybridized carbons (Fsp3) is 0.118. The number of nitrogens with one attached hydrogen (secondary N) is 3. The molecule has 2 heterocycles. The number of benzene rings is 2. The first kappa shape index (κ1) is 14.8. The van der Waals surface area contributed by atoms with E-state index in [0.717, 1.165) is 21.6 Å². The molecule has 3 N–H and O–H groups in total. The number of para-hydroxylation sites is 3. The van der Waals surface area contributed by atoms with Gasteiger partial charge in [-0.25, -0.2) is 4.98 Å². The highest BCUT2D eigenvalue weighted by atomic mass is 32.2. The van der Waals surface area contributed by atoms with Gasteiger partial charge in [0.25, 0.3) is 0 Å². The molecular weight excluding hydrogens is 324 g/mol. The molecule has 0 radical (unpaired) electrons. The first-order chi connectivity index (χ1) is 11.7. The minimum absolute atomic E-state index is 0.0852. The van der Waals surface area contributed by atoms with Crippen molar-refractivity contribution < 1.29 is 9.59 Å². The van der Waals surface area contributed by atoms with Crippen LogP contribution in [0, 0.1) is 0 Å². The quantitative estimate of drug-likeness (QED) is 0.685. The molecule has 0 saturated carbocycles. The van der Waals surface area contributed by atoms with Gasteiger partial charge in [0, 0.05) is 11.3 Å². The number of aromatic nitrogens is 2. The number of carbonyl (C=O) groups excluding carboxylic acids is 2. The van der Waals surface area contributed by atoms with Gasteiger partial charge in [0.2, 0.25) is 17.8 Å². The number of hydrogen-bond donors (Lipinski definition) is 3. The summed E-state index contributed by atoms with van der Waals surface area (Å²) in [6.45, 7) is 0. The number of anilines is 2. The number of imidazole rings is 1. The van der Waals surface area contributed by atoms with E-state index in [4.69, 9.17) is 0 Å². The second-order valence-electron chi connectivity index (χ2n) is 5.45. The van der Waals surface area contributed by atoms with Gasteiger partial charge < -0.3 is 10.3 Å². The number of rotatable bonds is 3. The molecule has 1 aromatic heterocycles. The number of hydrogen-bond acceptors (Lipinski definition) is 4. The van der Waals surface area contributed by atoms with E-state index in [-0.39, 0.29) is 18.2 Å². The van der Waals surface area contributed by atoms with Gasteiger partial charge in [-0.05, 0) is 24.3 Å². The average Bonchev–Trinajstić information content (AvgIpc) is 2.97. The standard InChI is InChI=1S/C17H14N4O2S/c22-15(21-17-19-10-5-1-2-6-11(10)20-17)9-14-16(23)18-12-7-3-4-8-13(12)24-14/h1-8,14H,9H2,(H,18,23)(H2,19,20,21,22)/t14-/m0/s1. The monoisotopic (exact) mass is 338 g/mol. The van der Waals surface area contributed by atoms with Gasteiger partial charge in [-0.15, -0.1) is 11.8 Å². The molecule has 0 aliphatic carbocycles. The van der Waals surface area contributed by atoms with Crippen LogP contribution in [0.4, 0.5) is 11.6 Å². The number of thioether (sulfide) groups is 1. The van der Waals surface area contributed by atoms with E-state index in [1.54, 1.807) is 0 Å². The third-order valence-corrected chi connectivity index (χ3v) is 5.00. The molecule has 0 bridgehead atoms. The molecule has 1 aliphatic rings. The Morgan fingerprint density at radius 3 is 2.83 bits per heavy atom. The van der Waals surface area contributed by atoms with E-state index in [0.29, 0.717) is 5.95 Å². The Morgan fingerprint density at radius 1 is 1.17 bits per heavy atom. The van der Waals surface area contributed by atoms with Crippen molar-refractivity contribution >= 4 is 46.2 Å². The number of fused-ring (bicyclic) bond motifs is 2. The van der Waals surface area contributed by atoms with Crippen molar-refractivity contribution in [1.29, 1.82) is 0 Å². The van der Waals surface area contributed by atoms with Crippen molar-refractivity contribution in [3.63, 3.8) is 0 Å². The maximum absolute atomic E-state index is 12.3. The minimum Gasteiger partial charge on any atom is -0.324 e. The molecule has 0 saturated heterocycles. The molecule has 2 amide bonds. The molecule has 0 unspecified atom stereocenters. The van der Waals surface area contributed by atoms with Crippen LogP contribution in [0.2, 0.25) is 0 Å². The van der Waals surface area contributed by atoms with E-state index in [1.165, 1.54) is 11.8 Å². The van der Waals surface area contributed by atoms with Gasteiger partial charge in [-0.1, -0.05) is 24.3 Å². The molecular formula is C17H14N4O2S. The fourth-order valence-corrected chi connectivity index (χ4v) is 3.70. The SMILES string of the molecule is O=C(C[C@@H]1Sc2ccccc2NC1=O)Nc1nc2ccccc2[nH]1. The molecule has 120 valence electrons. The van der Waals surface area contributed by atoms with Crippen LogP contribution in [-0.4, -0.2) is 27.0 Å². The largest absolute Gasteiger partial charge is 0.324 e. The average molecular weight is 338 g/mol. The van der Waals surface area contributed by atoms with Crippen molar-refractivity contribution in [1.82, 2.24) is 9.97 Å². The molecule has 3 aromatic rings. The van der Waals surface area contributed by atoms with Gasteiger partial charge in [-0.3, -0.25) is 14.9 Å². The molecule has 0 fully saturated rings. The highest BCUT2D eigenvalue weighted by Gasteiger charge is 2.28. The normalized spacial score (nSPS) is 16.5. The summed E-state index contributed by atoms with van der Waals surface area (Å²) < 4.78 is 0. The van der Waals surface area contributed by atoms with Crippen LogP contribution in [0.5, 0.6) is 0 Å². The Hall–Kier alpha value is -2.80. The van der Waals surface area contributed by atoms with E-state index in [1.807, 2.05) is 48.5 Å². The van der Waals surface area contributed by atoms with Crippen LogP contribution in [0.15, 0.2) is 53.4 Å². The summed E-state index contributed by atoms with van der Waals surface area (Å²) in [5, 5.41) is 5.11. The Morgan fingerprint density at radius 2 is 1.96 bits per heavy atom. The second-order valence-corrected chi connectivity index (χ2v) is 6.69. The zero-order valence-electron chi connectivity index (χ0n) is 12.6. The first-order valence-corrected chi connectivity index (χ1v) is 8.38. The molecule has 7 heteroatoms. The number of aromatic amines is 1. The highest BCUT2D eigenvalue weighted by molar-refractivity contribution is 8.01. The van der Waals surface area contributed by atoms with Crippen molar-refractivity contribution in [2.45, 2.75) is 16.6 Å². The predicted molar refractivity (Wildman–Crippen MR) is 94.1 cm³/mol. The van der Waals surface area contributed by atoms with E-state index >= 15 is 0 Å². The lowest BCUT2D eigenvalue weighted by molar-refractivity contribution is -0.120. The molecule has 24 heavy (non-hydrogen) atoms. The van der Waals surface area contributed by atoms with Crippen molar-refractivity contribution in [3.8, 4) is 0 Å². The van der Waals surface area contributed by atoms with Gasteiger partial charge in [0.1, 0.15) is 0 Å². The molecule has 6 nitrogen and oxygen atoms in total. The van der Waals surface area contributed by atoms with Crippen molar-refractivity contribution in [2.24, 2.45) is 0 Å². The molecule has 1 aliphatic heterocycles. The summed E-state index contributed by atoms with van der Waals surface area (Å²) in [6, 6.07) is 15.1. The first-order valence-electron chi connectivity index (χ1n) is 7.50. The Kier molecular flexibility index (Phi) is 3.70. The van der Waals surface area contributed by atoms with Gasteiger partial charge >= 0.3 is 0 Å². The second kappa shape index (κ2) is 6.01. The summed E-state index contributed by atoms with van der Waals surface area (Å²) in [4.78, 5) is 32.7. The summed E-state index contributed by atoms with van der Waals surface area (Å²) in [6.07, 6.45) is 0.0852. The maximum Gasteiger partial charge on any atom is 0.238 e. The van der Waals surface area contributed by atoms with E-state index in [9.17, 15) is 9.59 Å². The van der Waals surface area contributed by atoms with Crippen LogP contribution in [-0.2, 0) is 9.59 Å². The Balaban J connectivity index is 1.45. The summed E-state index contributed by atoms with van der Waals surface area (Å²) in [5.74, 6) is -0.0117. The summed E-state index contributed by atoms with van der Waals surface area (Å²) in [7, 11) is 0. The van der Waals surface area contributed by atoms with Gasteiger partial charge in [0.15, 0.2) is 0 Å². The number of amides is 2. The zero-order chi connectivity index (χ0) is 16.5. The maximum atomic E-state index is 12.3. The van der Waals surface area contributed by atoms with E-state index < -0.39 is 5.25 Å². The minimum atomic E-state index is -0.454. The Labute approximate surface area is 142 Å². The topological polar surface area (TPSA) is 86.9 Å². The summed E-state index contributed by atoms with van der Waals surface area (Å²) >= 11 is 1.41. The molecule has 1 atom stereocenters. The van der Waals surface area contributed by atoms with Gasteiger partial charge in [0.05, 0.1) is 22.0 Å². The summed E-state index contributed by atoms with van der Waals surface area (Å²) in [5.41, 5.74) is 2.43. The van der Waals surface area contributed by atoms with Crippen LogP contribution < -0.4 is 10.6 Å². The van der Waals surface area contributed by atoms with Crippen LogP contribution in [0.1, 0.15) is 6.42 Å². The van der Waals surface area contributed by atoms with Crippen LogP contribution in [0.3, 0.4) is 0 Å². The lowest BCUT2D eigenvalue weighted by atomic mass is 10.2. The van der Waals surface area contributed by atoms with Crippen molar-refractivity contribution in [2.75, 3.05) is 10.6 Å². The molecule has 2 aromatic carbocycles. The Bertz CT molecular complexity index is 904. The fourth-order valence-electron chi connectivity index (χ4n) is 2.59. The highest BCUT2D eigenvalue weighted by Crippen LogP contribution is 2.36. The van der Waals surface area contributed by atoms with Gasteiger partial charge in [-0.2, -0.15) is 0 Å². The third kappa shape index (κ3) is 2.85. The lowest BCUT2D eigenvalue weighted by Crippen LogP contribution is -2.32. The van der Waals surface area contributed by atoms with E-state index in [2.05, 4.69) is 20.6 Å². The third-order valence-electron chi connectivity index (χ3n) is 3.72. The molecule has 4 rings (SSSR count). The number of H-pyrrole nitrogens is 1. The van der Waals surface area contributed by atoms with Crippen LogP contribution >= 0.6 is 11.8 Å². The number of carbonyl (C=O) groups is 2. The molecule has 0 spiro atoms. The zero-order valence-corrected chi connectivity index (χ0v) is 13.4. The smallest absolute Gasteiger partial charge is 0.238 e. The number of nitrogens with zero attached hydrogens (tertiary/aromatic N) is 1. The lowest BCUT2D eigenvalue weighted by Gasteiger charge is -2.23. The van der Waals surface area contributed by atoms with Crippen LogP contribution in [0.25, 0.3) is 11.0 Å². The predicted octanol–water partition coefficient (Wildman–Crippen LogP) is 3.00.